The van der Waals surface area contributed by atoms with Crippen LogP contribution in [0.1, 0.15) is 49.5 Å². The third-order valence-electron chi connectivity index (χ3n) is 3.38. The number of benzene rings is 1. The number of hydrogen-bond donors (Lipinski definition) is 1. The van der Waals surface area contributed by atoms with Crippen LogP contribution in [0.15, 0.2) is 24.3 Å². The smallest absolute Gasteiger partial charge is 0.191 e. The number of aliphatic hydroxyl groups is 1. The zero-order valence-electron chi connectivity index (χ0n) is 10.9. The van der Waals surface area contributed by atoms with Crippen LogP contribution in [0.4, 0.5) is 0 Å². The summed E-state index contributed by atoms with van der Waals surface area (Å²) < 4.78 is 0. The van der Waals surface area contributed by atoms with Crippen molar-refractivity contribution < 1.29 is 9.90 Å². The Morgan fingerprint density at radius 2 is 1.88 bits per heavy atom. The fraction of sp³-hybridized carbons (Fsp3) is 0.533. The predicted octanol–water partition coefficient (Wildman–Crippen LogP) is 3.23. The second-order valence-corrected chi connectivity index (χ2v) is 4.44. The standard InChI is InChI=1S/C15H22O2/c1-4-11-8-7-9-13(10-11)15(17)14(16)12(5-2)6-3/h7-10,12,14,16H,4-6H2,1-3H3. The highest BCUT2D eigenvalue weighted by Crippen LogP contribution is 2.18. The van der Waals surface area contributed by atoms with Crippen molar-refractivity contribution in [2.75, 3.05) is 0 Å². The molecule has 1 aromatic rings. The van der Waals surface area contributed by atoms with E-state index in [1.165, 1.54) is 0 Å². The number of Topliss-reactive ketones (excluding diaryl/α,β-unsaturated/α-hetero) is 1. The van der Waals surface area contributed by atoms with Gasteiger partial charge in [0.2, 0.25) is 0 Å². The summed E-state index contributed by atoms with van der Waals surface area (Å²) in [6.45, 7) is 6.07. The molecule has 94 valence electrons. The highest BCUT2D eigenvalue weighted by molar-refractivity contribution is 5.99. The average molecular weight is 234 g/mol. The van der Waals surface area contributed by atoms with Crippen LogP contribution < -0.4 is 0 Å². The Balaban J connectivity index is 2.87. The van der Waals surface area contributed by atoms with Crippen molar-refractivity contribution in [1.29, 1.82) is 0 Å². The minimum atomic E-state index is -0.864. The zero-order valence-corrected chi connectivity index (χ0v) is 10.9. The van der Waals surface area contributed by atoms with Gasteiger partial charge in [0, 0.05) is 5.56 Å². The molecule has 17 heavy (non-hydrogen) atoms. The van der Waals surface area contributed by atoms with E-state index in [1.54, 1.807) is 6.07 Å². The highest BCUT2D eigenvalue weighted by Gasteiger charge is 2.24. The van der Waals surface area contributed by atoms with Gasteiger partial charge in [-0.2, -0.15) is 0 Å². The van der Waals surface area contributed by atoms with Gasteiger partial charge in [-0.05, 0) is 24.0 Å². The van der Waals surface area contributed by atoms with Crippen molar-refractivity contribution in [3.8, 4) is 0 Å². The van der Waals surface area contributed by atoms with Crippen molar-refractivity contribution in [1.82, 2.24) is 0 Å². The van der Waals surface area contributed by atoms with E-state index >= 15 is 0 Å². The summed E-state index contributed by atoms with van der Waals surface area (Å²) in [5.41, 5.74) is 1.76. The number of rotatable bonds is 6. The second kappa shape index (κ2) is 6.55. The number of ketones is 1. The molecule has 1 N–H and O–H groups in total. The van der Waals surface area contributed by atoms with Gasteiger partial charge in [-0.15, -0.1) is 0 Å². The molecule has 2 nitrogen and oxygen atoms in total. The van der Waals surface area contributed by atoms with E-state index in [0.29, 0.717) is 5.56 Å². The summed E-state index contributed by atoms with van der Waals surface area (Å²) in [6, 6.07) is 7.55. The number of hydrogen-bond acceptors (Lipinski definition) is 2. The van der Waals surface area contributed by atoms with Gasteiger partial charge in [0.1, 0.15) is 6.10 Å². The monoisotopic (exact) mass is 234 g/mol. The second-order valence-electron chi connectivity index (χ2n) is 4.44. The number of aliphatic hydroxyl groups excluding tert-OH is 1. The lowest BCUT2D eigenvalue weighted by Crippen LogP contribution is -2.29. The molecule has 1 rings (SSSR count). The first-order valence-electron chi connectivity index (χ1n) is 6.45. The molecule has 0 radical (unpaired) electrons. The molecular formula is C15H22O2. The first-order valence-corrected chi connectivity index (χ1v) is 6.45. The molecule has 0 bridgehead atoms. The van der Waals surface area contributed by atoms with Gasteiger partial charge in [0.25, 0.3) is 0 Å². The molecule has 2 heteroatoms. The largest absolute Gasteiger partial charge is 0.385 e. The van der Waals surface area contributed by atoms with E-state index in [0.717, 1.165) is 24.8 Å². The summed E-state index contributed by atoms with van der Waals surface area (Å²) in [7, 11) is 0. The maximum atomic E-state index is 12.1. The summed E-state index contributed by atoms with van der Waals surface area (Å²) in [5.74, 6) is -0.0817. The van der Waals surface area contributed by atoms with Gasteiger partial charge in [0.05, 0.1) is 0 Å². The van der Waals surface area contributed by atoms with Crippen LogP contribution in [-0.4, -0.2) is 17.0 Å². The molecule has 0 spiro atoms. The van der Waals surface area contributed by atoms with Gasteiger partial charge in [-0.25, -0.2) is 0 Å². The third-order valence-corrected chi connectivity index (χ3v) is 3.38. The zero-order chi connectivity index (χ0) is 12.8. The van der Waals surface area contributed by atoms with E-state index in [4.69, 9.17) is 0 Å². The Hall–Kier alpha value is -1.15. The summed E-state index contributed by atoms with van der Waals surface area (Å²) in [5, 5.41) is 10.0. The quantitative estimate of drug-likeness (QED) is 0.767. The normalized spacial score (nSPS) is 12.8. The van der Waals surface area contributed by atoms with E-state index in [9.17, 15) is 9.90 Å². The molecule has 1 aromatic carbocycles. The lowest BCUT2D eigenvalue weighted by Gasteiger charge is -2.19. The first-order chi connectivity index (χ1) is 8.13. The molecular weight excluding hydrogens is 212 g/mol. The Morgan fingerprint density at radius 3 is 2.41 bits per heavy atom. The van der Waals surface area contributed by atoms with Gasteiger partial charge in [-0.3, -0.25) is 4.79 Å². The Morgan fingerprint density at radius 1 is 1.24 bits per heavy atom. The molecule has 0 saturated heterocycles. The third kappa shape index (κ3) is 3.40. The van der Waals surface area contributed by atoms with Crippen LogP contribution >= 0.6 is 0 Å². The molecule has 0 heterocycles. The van der Waals surface area contributed by atoms with Crippen LogP contribution in [0, 0.1) is 5.92 Å². The van der Waals surface area contributed by atoms with E-state index in [-0.39, 0.29) is 11.7 Å². The Kier molecular flexibility index (Phi) is 5.36. The van der Waals surface area contributed by atoms with Crippen molar-refractivity contribution in [2.45, 2.75) is 46.1 Å². The topological polar surface area (TPSA) is 37.3 Å². The molecule has 1 unspecified atom stereocenters. The lowest BCUT2D eigenvalue weighted by atomic mass is 9.90. The van der Waals surface area contributed by atoms with Crippen LogP contribution in [0.5, 0.6) is 0 Å². The van der Waals surface area contributed by atoms with E-state index < -0.39 is 6.10 Å². The van der Waals surface area contributed by atoms with Crippen LogP contribution in [0.2, 0.25) is 0 Å². The van der Waals surface area contributed by atoms with Gasteiger partial charge < -0.3 is 5.11 Å². The predicted molar refractivity (Wildman–Crippen MR) is 70.2 cm³/mol. The fourth-order valence-corrected chi connectivity index (χ4v) is 2.06. The van der Waals surface area contributed by atoms with Gasteiger partial charge >= 0.3 is 0 Å². The van der Waals surface area contributed by atoms with Crippen LogP contribution in [0.25, 0.3) is 0 Å². The number of carbonyl (C=O) groups excluding carboxylic acids is 1. The van der Waals surface area contributed by atoms with Crippen LogP contribution in [0.3, 0.4) is 0 Å². The van der Waals surface area contributed by atoms with Crippen molar-refractivity contribution >= 4 is 5.78 Å². The maximum Gasteiger partial charge on any atom is 0.191 e. The highest BCUT2D eigenvalue weighted by atomic mass is 16.3. The first kappa shape index (κ1) is 13.9. The lowest BCUT2D eigenvalue weighted by molar-refractivity contribution is 0.0588. The molecule has 0 aliphatic carbocycles. The molecule has 0 amide bonds. The molecule has 0 saturated carbocycles. The summed E-state index contributed by atoms with van der Waals surface area (Å²) in [4.78, 5) is 12.1. The van der Waals surface area contributed by atoms with Gasteiger partial charge in [-0.1, -0.05) is 51.8 Å². The number of carbonyl (C=O) groups is 1. The molecule has 0 aliphatic heterocycles. The average Bonchev–Trinajstić information content (AvgIpc) is 2.39. The minimum Gasteiger partial charge on any atom is -0.385 e. The molecule has 0 aromatic heterocycles. The van der Waals surface area contributed by atoms with Crippen LogP contribution in [-0.2, 0) is 6.42 Å². The number of aryl methyl sites for hydroxylation is 1. The Labute approximate surface area is 104 Å². The van der Waals surface area contributed by atoms with E-state index in [2.05, 4.69) is 6.92 Å². The van der Waals surface area contributed by atoms with Crippen molar-refractivity contribution in [2.24, 2.45) is 5.92 Å². The maximum absolute atomic E-state index is 12.1. The Bertz CT molecular complexity index is 367. The summed E-state index contributed by atoms with van der Waals surface area (Å²) in [6.07, 6.45) is 1.70. The van der Waals surface area contributed by atoms with Crippen molar-refractivity contribution in [3.63, 3.8) is 0 Å². The summed E-state index contributed by atoms with van der Waals surface area (Å²) >= 11 is 0. The van der Waals surface area contributed by atoms with Gasteiger partial charge in [0.15, 0.2) is 5.78 Å². The fourth-order valence-electron chi connectivity index (χ4n) is 2.06. The molecule has 0 aliphatic rings. The molecule has 1 atom stereocenters. The van der Waals surface area contributed by atoms with E-state index in [1.807, 2.05) is 32.0 Å². The van der Waals surface area contributed by atoms with Crippen molar-refractivity contribution in [3.05, 3.63) is 35.4 Å². The SMILES string of the molecule is CCc1cccc(C(=O)C(O)C(CC)CC)c1. The molecule has 0 fully saturated rings. The minimum absolute atomic E-state index is 0.0628.